The van der Waals surface area contributed by atoms with E-state index in [0.29, 0.717) is 44.5 Å². The van der Waals surface area contributed by atoms with Crippen molar-refractivity contribution in [3.05, 3.63) is 29.8 Å². The SMILES string of the molecule is COc1ccc(C[C@H](NC(=O)C2(CC(CC(=O)N3CCC(O)CC3)C(=O)OC(C)(C)C)CCCC2)C(=O)OC(C)(C)C)cc1. The molecule has 10 nitrogen and oxygen atoms in total. The van der Waals surface area contributed by atoms with Crippen LogP contribution in [0.15, 0.2) is 24.3 Å². The Hall–Kier alpha value is -3.14. The van der Waals surface area contributed by atoms with E-state index in [1.165, 1.54) is 0 Å². The van der Waals surface area contributed by atoms with E-state index in [0.717, 1.165) is 18.4 Å². The number of carbonyl (C=O) groups is 4. The summed E-state index contributed by atoms with van der Waals surface area (Å²) in [6.07, 6.45) is 3.49. The highest BCUT2D eigenvalue weighted by atomic mass is 16.6. The van der Waals surface area contributed by atoms with Gasteiger partial charge in [-0.2, -0.15) is 0 Å². The molecule has 2 aliphatic rings. The third-order valence-corrected chi connectivity index (χ3v) is 8.25. The fourth-order valence-corrected chi connectivity index (χ4v) is 6.00. The lowest BCUT2D eigenvalue weighted by Gasteiger charge is -2.35. The standard InChI is InChI=1S/C34H52N2O8/c1-32(2,3)43-29(39)24(21-28(38)36-18-14-25(37)15-19-36)22-34(16-8-9-17-34)31(41)35-27(30(40)44-33(4,5)6)20-23-10-12-26(42-7)13-11-23/h10-13,24-25,27,37H,8-9,14-22H2,1-7H3,(H,35,41)/t24?,27-/m0/s1. The molecule has 246 valence electrons. The number of aliphatic hydroxyl groups excluding tert-OH is 1. The number of amides is 2. The van der Waals surface area contributed by atoms with Gasteiger partial charge in [-0.05, 0) is 91.3 Å². The van der Waals surface area contributed by atoms with Gasteiger partial charge in [-0.15, -0.1) is 0 Å². The predicted octanol–water partition coefficient (Wildman–Crippen LogP) is 4.35. The van der Waals surface area contributed by atoms with Crippen molar-refractivity contribution in [2.75, 3.05) is 20.2 Å². The van der Waals surface area contributed by atoms with E-state index in [1.54, 1.807) is 65.7 Å². The van der Waals surface area contributed by atoms with Crippen molar-refractivity contribution >= 4 is 23.8 Å². The molecule has 3 rings (SSSR count). The fourth-order valence-electron chi connectivity index (χ4n) is 6.00. The third kappa shape index (κ3) is 10.5. The Balaban J connectivity index is 1.86. The highest BCUT2D eigenvalue weighted by Gasteiger charge is 2.47. The summed E-state index contributed by atoms with van der Waals surface area (Å²) in [7, 11) is 1.58. The van der Waals surface area contributed by atoms with Gasteiger partial charge in [0.05, 0.1) is 24.5 Å². The second kappa shape index (κ2) is 14.8. The molecular weight excluding hydrogens is 564 g/mol. The Morgan fingerprint density at radius 3 is 2.00 bits per heavy atom. The van der Waals surface area contributed by atoms with Gasteiger partial charge in [0, 0.05) is 25.9 Å². The molecule has 44 heavy (non-hydrogen) atoms. The van der Waals surface area contributed by atoms with Gasteiger partial charge in [0.15, 0.2) is 0 Å². The van der Waals surface area contributed by atoms with Gasteiger partial charge in [0.2, 0.25) is 11.8 Å². The molecule has 1 aliphatic heterocycles. The van der Waals surface area contributed by atoms with E-state index >= 15 is 0 Å². The molecule has 10 heteroatoms. The van der Waals surface area contributed by atoms with Gasteiger partial charge in [-0.3, -0.25) is 14.4 Å². The summed E-state index contributed by atoms with van der Waals surface area (Å²) in [6, 6.07) is 6.34. The van der Waals surface area contributed by atoms with Crippen LogP contribution in [-0.2, 0) is 35.1 Å². The monoisotopic (exact) mass is 616 g/mol. The normalized spacial score (nSPS) is 18.7. The van der Waals surface area contributed by atoms with Gasteiger partial charge in [0.1, 0.15) is 23.0 Å². The van der Waals surface area contributed by atoms with Crippen molar-refractivity contribution in [2.24, 2.45) is 11.3 Å². The second-order valence-electron chi connectivity index (χ2n) is 14.3. The summed E-state index contributed by atoms with van der Waals surface area (Å²) in [4.78, 5) is 56.1. The van der Waals surface area contributed by atoms with E-state index in [2.05, 4.69) is 5.32 Å². The summed E-state index contributed by atoms with van der Waals surface area (Å²) in [6.45, 7) is 11.5. The van der Waals surface area contributed by atoms with Crippen LogP contribution in [-0.4, -0.2) is 77.3 Å². The Labute approximate surface area is 262 Å². The van der Waals surface area contributed by atoms with Crippen molar-refractivity contribution in [1.82, 2.24) is 10.2 Å². The number of nitrogens with one attached hydrogen (secondary N) is 1. The van der Waals surface area contributed by atoms with Crippen LogP contribution in [0.5, 0.6) is 5.75 Å². The quantitative estimate of drug-likeness (QED) is 0.351. The van der Waals surface area contributed by atoms with Gasteiger partial charge >= 0.3 is 11.9 Å². The Morgan fingerprint density at radius 2 is 1.48 bits per heavy atom. The average molecular weight is 617 g/mol. The predicted molar refractivity (Wildman–Crippen MR) is 166 cm³/mol. The Bertz CT molecular complexity index is 1140. The van der Waals surface area contributed by atoms with Gasteiger partial charge in [-0.25, -0.2) is 4.79 Å². The number of aliphatic hydroxyl groups is 1. The third-order valence-electron chi connectivity index (χ3n) is 8.25. The van der Waals surface area contributed by atoms with Gasteiger partial charge in [0.25, 0.3) is 0 Å². The Kier molecular flexibility index (Phi) is 11.9. The number of esters is 2. The lowest BCUT2D eigenvalue weighted by Crippen LogP contribution is -2.51. The number of methoxy groups -OCH3 is 1. The number of hydrogen-bond donors (Lipinski definition) is 2. The molecule has 1 aromatic rings. The molecular formula is C34H52N2O8. The first-order chi connectivity index (χ1) is 20.5. The summed E-state index contributed by atoms with van der Waals surface area (Å²) >= 11 is 0. The molecule has 2 atom stereocenters. The first-order valence-electron chi connectivity index (χ1n) is 15.9. The van der Waals surface area contributed by atoms with Crippen LogP contribution in [0.2, 0.25) is 0 Å². The van der Waals surface area contributed by atoms with Gasteiger partial charge in [-0.1, -0.05) is 25.0 Å². The van der Waals surface area contributed by atoms with Crippen molar-refractivity contribution in [2.45, 2.75) is 123 Å². The second-order valence-corrected chi connectivity index (χ2v) is 14.3. The number of hydrogen-bond acceptors (Lipinski definition) is 8. The van der Waals surface area contributed by atoms with Gasteiger partial charge < -0.3 is 29.5 Å². The van der Waals surface area contributed by atoms with Crippen LogP contribution in [0.1, 0.15) is 98.5 Å². The molecule has 1 heterocycles. The minimum Gasteiger partial charge on any atom is -0.497 e. The minimum atomic E-state index is -0.950. The van der Waals surface area contributed by atoms with Crippen molar-refractivity contribution in [3.8, 4) is 5.75 Å². The zero-order valence-corrected chi connectivity index (χ0v) is 27.6. The number of benzene rings is 1. The number of rotatable bonds is 11. The summed E-state index contributed by atoms with van der Waals surface area (Å²) in [5, 5.41) is 12.9. The molecule has 2 fully saturated rings. The van der Waals surface area contributed by atoms with Crippen LogP contribution < -0.4 is 10.1 Å². The van der Waals surface area contributed by atoms with Crippen LogP contribution in [0.25, 0.3) is 0 Å². The maximum Gasteiger partial charge on any atom is 0.329 e. The summed E-state index contributed by atoms with van der Waals surface area (Å²) in [5.74, 6) is -1.71. The summed E-state index contributed by atoms with van der Waals surface area (Å²) < 4.78 is 16.7. The Morgan fingerprint density at radius 1 is 0.932 bits per heavy atom. The number of piperidine rings is 1. The molecule has 2 N–H and O–H groups in total. The lowest BCUT2D eigenvalue weighted by atomic mass is 9.75. The zero-order chi connectivity index (χ0) is 32.7. The molecule has 0 radical (unpaired) electrons. The maximum absolute atomic E-state index is 14.2. The highest BCUT2D eigenvalue weighted by Crippen LogP contribution is 2.45. The molecule has 1 aliphatic carbocycles. The van der Waals surface area contributed by atoms with E-state index < -0.39 is 46.6 Å². The molecule has 0 aromatic heterocycles. The number of nitrogens with zero attached hydrogens (tertiary/aromatic N) is 1. The van der Waals surface area contributed by atoms with Crippen LogP contribution in [0.3, 0.4) is 0 Å². The largest absolute Gasteiger partial charge is 0.497 e. The number of carbonyl (C=O) groups excluding carboxylic acids is 4. The summed E-state index contributed by atoms with van der Waals surface area (Å²) in [5.41, 5.74) is -1.64. The number of likely N-dealkylation sites (tertiary alicyclic amines) is 1. The first-order valence-corrected chi connectivity index (χ1v) is 15.9. The zero-order valence-electron chi connectivity index (χ0n) is 27.6. The smallest absolute Gasteiger partial charge is 0.329 e. The van der Waals surface area contributed by atoms with E-state index in [4.69, 9.17) is 14.2 Å². The maximum atomic E-state index is 14.2. The van der Waals surface area contributed by atoms with Crippen LogP contribution in [0.4, 0.5) is 0 Å². The van der Waals surface area contributed by atoms with Crippen molar-refractivity contribution in [3.63, 3.8) is 0 Å². The topological polar surface area (TPSA) is 131 Å². The lowest BCUT2D eigenvalue weighted by molar-refractivity contribution is -0.165. The van der Waals surface area contributed by atoms with E-state index in [-0.39, 0.29) is 31.1 Å². The van der Waals surface area contributed by atoms with E-state index in [1.807, 2.05) is 12.1 Å². The van der Waals surface area contributed by atoms with Crippen molar-refractivity contribution in [1.29, 1.82) is 0 Å². The molecule has 1 saturated heterocycles. The highest BCUT2D eigenvalue weighted by molar-refractivity contribution is 5.90. The molecule has 0 bridgehead atoms. The van der Waals surface area contributed by atoms with Crippen molar-refractivity contribution < 1.29 is 38.5 Å². The van der Waals surface area contributed by atoms with Crippen LogP contribution in [0, 0.1) is 11.3 Å². The fraction of sp³-hybridized carbons (Fsp3) is 0.706. The molecule has 1 aromatic carbocycles. The molecule has 0 spiro atoms. The minimum absolute atomic E-state index is 0.0820. The van der Waals surface area contributed by atoms with E-state index in [9.17, 15) is 24.3 Å². The molecule has 2 amide bonds. The first kappa shape index (κ1) is 35.3. The average Bonchev–Trinajstić information content (AvgIpc) is 3.41. The molecule has 1 unspecified atom stereocenters. The number of ether oxygens (including phenoxy) is 3. The molecule has 1 saturated carbocycles. The van der Waals surface area contributed by atoms with Crippen LogP contribution >= 0.6 is 0 Å².